The zero-order valence-electron chi connectivity index (χ0n) is 18.7. The van der Waals surface area contributed by atoms with E-state index in [-0.39, 0.29) is 29.6 Å². The van der Waals surface area contributed by atoms with Crippen LogP contribution >= 0.6 is 11.3 Å². The molecule has 0 saturated heterocycles. The second kappa shape index (κ2) is 9.05. The molecule has 1 aliphatic carbocycles. The number of aryl methyl sites for hydroxylation is 2. The summed E-state index contributed by atoms with van der Waals surface area (Å²) in [6.45, 7) is 1.97. The van der Waals surface area contributed by atoms with Crippen LogP contribution in [-0.2, 0) is 7.05 Å². The molecule has 2 atom stereocenters. The highest BCUT2D eigenvalue weighted by atomic mass is 32.1. The van der Waals surface area contributed by atoms with Crippen molar-refractivity contribution in [3.63, 3.8) is 0 Å². The largest absolute Gasteiger partial charge is 0.365 e. The van der Waals surface area contributed by atoms with Crippen LogP contribution < -0.4 is 10.6 Å². The molecular formula is C23H23F2N7OS. The first-order valence-corrected chi connectivity index (χ1v) is 11.9. The third kappa shape index (κ3) is 4.47. The highest BCUT2D eigenvalue weighted by Crippen LogP contribution is 2.28. The summed E-state index contributed by atoms with van der Waals surface area (Å²) in [6, 6.07) is 3.10. The minimum Gasteiger partial charge on any atom is -0.365 e. The minimum atomic E-state index is -0.590. The Morgan fingerprint density at radius 1 is 1.18 bits per heavy atom. The number of carbonyl (C=O) groups excluding carboxylic acids is 1. The van der Waals surface area contributed by atoms with Crippen molar-refractivity contribution >= 4 is 34.1 Å². The number of halogens is 2. The lowest BCUT2D eigenvalue weighted by Gasteiger charge is -2.30. The molecule has 11 heteroatoms. The summed E-state index contributed by atoms with van der Waals surface area (Å²) in [6.07, 6.45) is 5.42. The summed E-state index contributed by atoms with van der Waals surface area (Å²) in [5.41, 5.74) is 1.47. The summed E-state index contributed by atoms with van der Waals surface area (Å²) in [4.78, 5) is 26.1. The van der Waals surface area contributed by atoms with E-state index in [2.05, 4.69) is 30.7 Å². The standard InChI is InChI=1S/C23H23F2N7OS/c1-12-6-13(11-34-12)23(33)29-16-5-3-4-15(8-16)28-20-18(25)10-26-21(30-20)19-17-7-14(24)9-27-22(17)32(2)31-19/h6-7,9-11,15-16H,3-5,8H2,1-2H3,(H,29,33)(H,26,28,30)/t15?,16-/m1/s1. The Balaban J connectivity index is 1.33. The Morgan fingerprint density at radius 3 is 2.79 bits per heavy atom. The summed E-state index contributed by atoms with van der Waals surface area (Å²) in [5, 5.41) is 12.9. The third-order valence-electron chi connectivity index (χ3n) is 5.94. The molecule has 4 heterocycles. The van der Waals surface area contributed by atoms with Crippen LogP contribution in [0.25, 0.3) is 22.6 Å². The fraction of sp³-hybridized carbons (Fsp3) is 0.348. The Hall–Kier alpha value is -3.47. The van der Waals surface area contributed by atoms with Crippen molar-refractivity contribution in [2.75, 3.05) is 5.32 Å². The van der Waals surface area contributed by atoms with Crippen molar-refractivity contribution in [1.29, 1.82) is 0 Å². The number of nitrogens with one attached hydrogen (secondary N) is 2. The average Bonchev–Trinajstić information content (AvgIpc) is 3.39. The fourth-order valence-electron chi connectivity index (χ4n) is 4.34. The van der Waals surface area contributed by atoms with Crippen molar-refractivity contribution in [2.45, 2.75) is 44.7 Å². The van der Waals surface area contributed by atoms with E-state index in [4.69, 9.17) is 0 Å². The van der Waals surface area contributed by atoms with Gasteiger partial charge in [-0.2, -0.15) is 5.10 Å². The normalized spacial score (nSPS) is 18.2. The van der Waals surface area contributed by atoms with Crippen molar-refractivity contribution < 1.29 is 13.6 Å². The van der Waals surface area contributed by atoms with E-state index in [9.17, 15) is 13.6 Å². The predicted molar refractivity (Wildman–Crippen MR) is 126 cm³/mol. The SMILES string of the molecule is Cc1cc(C(=O)N[C@@H]2CCCC(Nc3nc(-c4nn(C)c5ncc(F)cc45)ncc3F)C2)cs1. The lowest BCUT2D eigenvalue weighted by molar-refractivity contribution is 0.0927. The first-order valence-electron chi connectivity index (χ1n) is 11.0. The average molecular weight is 484 g/mol. The molecule has 34 heavy (non-hydrogen) atoms. The second-order valence-electron chi connectivity index (χ2n) is 8.51. The van der Waals surface area contributed by atoms with E-state index in [1.807, 2.05) is 18.4 Å². The minimum absolute atomic E-state index is 0.0166. The summed E-state index contributed by atoms with van der Waals surface area (Å²) >= 11 is 1.54. The third-order valence-corrected chi connectivity index (χ3v) is 6.81. The van der Waals surface area contributed by atoms with Crippen LogP contribution in [0, 0.1) is 18.6 Å². The van der Waals surface area contributed by atoms with Crippen LogP contribution in [-0.4, -0.2) is 42.7 Å². The van der Waals surface area contributed by atoms with Gasteiger partial charge in [-0.15, -0.1) is 11.3 Å². The maximum Gasteiger partial charge on any atom is 0.252 e. The summed E-state index contributed by atoms with van der Waals surface area (Å²) in [5.74, 6) is -0.953. The molecule has 5 rings (SSSR count). The van der Waals surface area contributed by atoms with Gasteiger partial charge in [0.2, 0.25) is 0 Å². The van der Waals surface area contributed by atoms with E-state index in [0.717, 1.165) is 36.5 Å². The van der Waals surface area contributed by atoms with E-state index in [0.29, 0.717) is 28.7 Å². The van der Waals surface area contributed by atoms with Gasteiger partial charge < -0.3 is 10.6 Å². The number of aromatic nitrogens is 5. The van der Waals surface area contributed by atoms with E-state index >= 15 is 0 Å². The Bertz CT molecular complexity index is 1370. The molecule has 2 N–H and O–H groups in total. The maximum atomic E-state index is 14.6. The number of rotatable bonds is 5. The van der Waals surface area contributed by atoms with Gasteiger partial charge in [-0.25, -0.2) is 28.4 Å². The first-order chi connectivity index (χ1) is 16.4. The molecular weight excluding hydrogens is 460 g/mol. The smallest absolute Gasteiger partial charge is 0.252 e. The zero-order valence-corrected chi connectivity index (χ0v) is 19.5. The van der Waals surface area contributed by atoms with Crippen LogP contribution in [0.4, 0.5) is 14.6 Å². The highest BCUT2D eigenvalue weighted by molar-refractivity contribution is 7.10. The second-order valence-corrected chi connectivity index (χ2v) is 9.63. The van der Waals surface area contributed by atoms with Crippen molar-refractivity contribution in [1.82, 2.24) is 30.0 Å². The van der Waals surface area contributed by atoms with Crippen LogP contribution in [0.15, 0.2) is 29.9 Å². The molecule has 8 nitrogen and oxygen atoms in total. The fourth-order valence-corrected chi connectivity index (χ4v) is 5.02. The molecule has 176 valence electrons. The number of hydrogen-bond acceptors (Lipinski definition) is 7. The number of pyridine rings is 1. The Labute approximate surface area is 198 Å². The van der Waals surface area contributed by atoms with Gasteiger partial charge in [-0.3, -0.25) is 4.79 Å². The van der Waals surface area contributed by atoms with Crippen LogP contribution in [0.2, 0.25) is 0 Å². The number of amides is 1. The van der Waals surface area contributed by atoms with Gasteiger partial charge in [0, 0.05) is 29.4 Å². The zero-order chi connectivity index (χ0) is 23.8. The Morgan fingerprint density at radius 2 is 2.00 bits per heavy atom. The van der Waals surface area contributed by atoms with Gasteiger partial charge in [-0.1, -0.05) is 0 Å². The molecule has 0 aromatic carbocycles. The maximum absolute atomic E-state index is 14.6. The molecule has 1 amide bonds. The lowest BCUT2D eigenvalue weighted by Crippen LogP contribution is -2.41. The molecule has 0 radical (unpaired) electrons. The molecule has 4 aromatic heterocycles. The van der Waals surface area contributed by atoms with Gasteiger partial charge >= 0.3 is 0 Å². The first kappa shape index (κ1) is 22.3. The quantitative estimate of drug-likeness (QED) is 0.441. The molecule has 0 spiro atoms. The number of thiophene rings is 1. The highest BCUT2D eigenvalue weighted by Gasteiger charge is 2.25. The van der Waals surface area contributed by atoms with E-state index < -0.39 is 11.6 Å². The molecule has 1 unspecified atom stereocenters. The van der Waals surface area contributed by atoms with Gasteiger partial charge in [-0.05, 0) is 44.7 Å². The Kier molecular flexibility index (Phi) is 5.94. The van der Waals surface area contributed by atoms with Gasteiger partial charge in [0.1, 0.15) is 11.5 Å². The van der Waals surface area contributed by atoms with Crippen LogP contribution in [0.1, 0.15) is 40.9 Å². The molecule has 0 bridgehead atoms. The van der Waals surface area contributed by atoms with E-state index in [1.165, 1.54) is 10.7 Å². The number of nitrogens with zero attached hydrogens (tertiary/aromatic N) is 5. The van der Waals surface area contributed by atoms with Crippen molar-refractivity contribution in [3.05, 3.63) is 52.0 Å². The van der Waals surface area contributed by atoms with E-state index in [1.54, 1.807) is 18.4 Å². The summed E-state index contributed by atoms with van der Waals surface area (Å²) in [7, 11) is 1.69. The monoisotopic (exact) mass is 483 g/mol. The topological polar surface area (TPSA) is 97.6 Å². The predicted octanol–water partition coefficient (Wildman–Crippen LogP) is 4.23. The summed E-state index contributed by atoms with van der Waals surface area (Å²) < 4.78 is 29.9. The molecule has 1 aliphatic rings. The van der Waals surface area contributed by atoms with Crippen LogP contribution in [0.3, 0.4) is 0 Å². The van der Waals surface area contributed by atoms with Gasteiger partial charge in [0.15, 0.2) is 23.1 Å². The van der Waals surface area contributed by atoms with Crippen molar-refractivity contribution in [2.24, 2.45) is 7.05 Å². The van der Waals surface area contributed by atoms with Gasteiger partial charge in [0.05, 0.1) is 23.3 Å². The molecule has 4 aromatic rings. The number of fused-ring (bicyclic) bond motifs is 1. The number of anilines is 1. The number of carbonyl (C=O) groups is 1. The molecule has 0 aliphatic heterocycles. The van der Waals surface area contributed by atoms with Crippen molar-refractivity contribution in [3.8, 4) is 11.5 Å². The molecule has 1 fully saturated rings. The number of hydrogen-bond donors (Lipinski definition) is 2. The molecule has 1 saturated carbocycles. The lowest BCUT2D eigenvalue weighted by atomic mass is 9.90. The van der Waals surface area contributed by atoms with Crippen LogP contribution in [0.5, 0.6) is 0 Å². The van der Waals surface area contributed by atoms with Gasteiger partial charge in [0.25, 0.3) is 5.91 Å².